The fourth-order valence-corrected chi connectivity index (χ4v) is 2.05. The van der Waals surface area contributed by atoms with Gasteiger partial charge in [0, 0.05) is 16.2 Å². The van der Waals surface area contributed by atoms with E-state index in [9.17, 15) is 10.1 Å². The zero-order chi connectivity index (χ0) is 13.8. The quantitative estimate of drug-likeness (QED) is 0.530. The Kier molecular flexibility index (Phi) is 4.01. The number of ether oxygens (including phenoxy) is 1. The average Bonchev–Trinajstić information content (AvgIpc) is 2.36. The minimum atomic E-state index is -0.460. The van der Waals surface area contributed by atoms with Crippen LogP contribution in [0.5, 0.6) is 5.75 Å². The Morgan fingerprint density at radius 2 is 2.05 bits per heavy atom. The summed E-state index contributed by atoms with van der Waals surface area (Å²) in [5.41, 5.74) is 7.21. The van der Waals surface area contributed by atoms with Gasteiger partial charge in [-0.15, -0.1) is 0 Å². The standard InChI is InChI=1S/C13H11BrN2O3/c14-10-5-12(16(17)18)7-13(6-10)19-8-9-2-1-3-11(15)4-9/h1-7H,8,15H2. The van der Waals surface area contributed by atoms with Crippen molar-refractivity contribution in [1.82, 2.24) is 0 Å². The molecule has 2 N–H and O–H groups in total. The molecule has 0 aromatic heterocycles. The molecular formula is C13H11BrN2O3. The lowest BCUT2D eigenvalue weighted by Gasteiger charge is -2.07. The van der Waals surface area contributed by atoms with Crippen molar-refractivity contribution in [2.45, 2.75) is 6.61 Å². The maximum Gasteiger partial charge on any atom is 0.274 e. The summed E-state index contributed by atoms with van der Waals surface area (Å²) >= 11 is 3.21. The molecule has 0 unspecified atom stereocenters. The number of nitro groups is 1. The monoisotopic (exact) mass is 322 g/mol. The van der Waals surface area contributed by atoms with Gasteiger partial charge in [-0.25, -0.2) is 0 Å². The van der Waals surface area contributed by atoms with Crippen LogP contribution < -0.4 is 10.5 Å². The second kappa shape index (κ2) is 5.71. The highest BCUT2D eigenvalue weighted by Gasteiger charge is 2.09. The maximum atomic E-state index is 10.7. The van der Waals surface area contributed by atoms with Gasteiger partial charge in [-0.1, -0.05) is 28.1 Å². The average molecular weight is 323 g/mol. The lowest BCUT2D eigenvalue weighted by atomic mass is 10.2. The summed E-state index contributed by atoms with van der Waals surface area (Å²) in [5, 5.41) is 10.7. The molecule has 0 spiro atoms. The van der Waals surface area contributed by atoms with Gasteiger partial charge in [0.25, 0.3) is 5.69 Å². The van der Waals surface area contributed by atoms with E-state index in [-0.39, 0.29) is 5.69 Å². The van der Waals surface area contributed by atoms with Gasteiger partial charge in [0.05, 0.1) is 11.0 Å². The molecular weight excluding hydrogens is 312 g/mol. The first-order valence-corrected chi connectivity index (χ1v) is 6.26. The first-order chi connectivity index (χ1) is 9.04. The first kappa shape index (κ1) is 13.4. The molecule has 2 aromatic carbocycles. The van der Waals surface area contributed by atoms with E-state index in [2.05, 4.69) is 15.9 Å². The summed E-state index contributed by atoms with van der Waals surface area (Å²) in [5.74, 6) is 0.434. The Bertz CT molecular complexity index is 617. The number of nitrogen functional groups attached to an aromatic ring is 1. The molecule has 0 bridgehead atoms. The topological polar surface area (TPSA) is 78.4 Å². The number of benzene rings is 2. The Hall–Kier alpha value is -2.08. The number of rotatable bonds is 4. The van der Waals surface area contributed by atoms with E-state index in [0.717, 1.165) is 5.56 Å². The molecule has 0 saturated carbocycles. The lowest BCUT2D eigenvalue weighted by Crippen LogP contribution is -1.97. The van der Waals surface area contributed by atoms with Crippen LogP contribution in [-0.2, 0) is 6.61 Å². The number of nitro benzene ring substituents is 1. The van der Waals surface area contributed by atoms with Crippen molar-refractivity contribution in [3.05, 3.63) is 62.6 Å². The molecule has 0 aliphatic carbocycles. The highest BCUT2D eigenvalue weighted by Crippen LogP contribution is 2.26. The van der Waals surface area contributed by atoms with E-state index in [1.807, 2.05) is 12.1 Å². The molecule has 0 heterocycles. The number of non-ortho nitro benzene ring substituents is 1. The molecule has 0 aliphatic rings. The molecule has 0 saturated heterocycles. The molecule has 0 aliphatic heterocycles. The van der Waals surface area contributed by atoms with Gasteiger partial charge in [0.15, 0.2) is 0 Å². The van der Waals surface area contributed by atoms with Crippen molar-refractivity contribution in [2.24, 2.45) is 0 Å². The van der Waals surface area contributed by atoms with E-state index in [4.69, 9.17) is 10.5 Å². The van der Waals surface area contributed by atoms with Crippen LogP contribution in [0, 0.1) is 10.1 Å². The molecule has 0 atom stereocenters. The summed E-state index contributed by atoms with van der Waals surface area (Å²) in [6.45, 7) is 0.304. The number of hydrogen-bond acceptors (Lipinski definition) is 4. The van der Waals surface area contributed by atoms with Crippen LogP contribution in [0.3, 0.4) is 0 Å². The Labute approximate surface area is 118 Å². The first-order valence-electron chi connectivity index (χ1n) is 5.47. The predicted octanol–water partition coefficient (Wildman–Crippen LogP) is 3.52. The van der Waals surface area contributed by atoms with E-state index in [0.29, 0.717) is 22.5 Å². The molecule has 0 radical (unpaired) electrons. The second-order valence-corrected chi connectivity index (χ2v) is 4.85. The van der Waals surface area contributed by atoms with Crippen molar-refractivity contribution >= 4 is 27.3 Å². The zero-order valence-electron chi connectivity index (χ0n) is 9.88. The highest BCUT2D eigenvalue weighted by atomic mass is 79.9. The van der Waals surface area contributed by atoms with Gasteiger partial charge in [-0.2, -0.15) is 0 Å². The van der Waals surface area contributed by atoms with Crippen molar-refractivity contribution in [1.29, 1.82) is 0 Å². The predicted molar refractivity (Wildman–Crippen MR) is 76.0 cm³/mol. The maximum absolute atomic E-state index is 10.7. The molecule has 98 valence electrons. The number of nitrogens with two attached hydrogens (primary N) is 1. The summed E-state index contributed by atoms with van der Waals surface area (Å²) < 4.78 is 6.13. The van der Waals surface area contributed by atoms with Crippen molar-refractivity contribution in [2.75, 3.05) is 5.73 Å². The van der Waals surface area contributed by atoms with Crippen LogP contribution in [0.4, 0.5) is 11.4 Å². The molecule has 2 rings (SSSR count). The third-order valence-corrected chi connectivity index (χ3v) is 2.88. The summed E-state index contributed by atoms with van der Waals surface area (Å²) in [4.78, 5) is 10.3. The number of nitrogens with zero attached hydrogens (tertiary/aromatic N) is 1. The molecule has 0 amide bonds. The Morgan fingerprint density at radius 3 is 2.74 bits per heavy atom. The van der Waals surface area contributed by atoms with Crippen molar-refractivity contribution in [3.8, 4) is 5.75 Å². The van der Waals surface area contributed by atoms with Gasteiger partial charge in [-0.05, 0) is 23.8 Å². The minimum absolute atomic E-state index is 0.0167. The minimum Gasteiger partial charge on any atom is -0.489 e. The molecule has 5 nitrogen and oxygen atoms in total. The van der Waals surface area contributed by atoms with Crippen LogP contribution in [0.25, 0.3) is 0 Å². The SMILES string of the molecule is Nc1cccc(COc2cc(Br)cc([N+](=O)[O-])c2)c1. The molecule has 19 heavy (non-hydrogen) atoms. The summed E-state index contributed by atoms with van der Waals surface area (Å²) in [6, 6.07) is 11.8. The Balaban J connectivity index is 2.13. The summed E-state index contributed by atoms with van der Waals surface area (Å²) in [7, 11) is 0. The van der Waals surface area contributed by atoms with E-state index in [1.165, 1.54) is 12.1 Å². The van der Waals surface area contributed by atoms with Gasteiger partial charge in [0.2, 0.25) is 0 Å². The van der Waals surface area contributed by atoms with E-state index >= 15 is 0 Å². The summed E-state index contributed by atoms with van der Waals surface area (Å²) in [6.07, 6.45) is 0. The van der Waals surface area contributed by atoms with Crippen molar-refractivity contribution < 1.29 is 9.66 Å². The fraction of sp³-hybridized carbons (Fsp3) is 0.0769. The van der Waals surface area contributed by atoms with E-state index < -0.39 is 4.92 Å². The second-order valence-electron chi connectivity index (χ2n) is 3.94. The fourth-order valence-electron chi connectivity index (χ4n) is 1.59. The third-order valence-electron chi connectivity index (χ3n) is 2.42. The molecule has 2 aromatic rings. The third kappa shape index (κ3) is 3.69. The zero-order valence-corrected chi connectivity index (χ0v) is 11.5. The smallest absolute Gasteiger partial charge is 0.274 e. The van der Waals surface area contributed by atoms with Gasteiger partial charge in [0.1, 0.15) is 12.4 Å². The van der Waals surface area contributed by atoms with Crippen LogP contribution in [-0.4, -0.2) is 4.92 Å². The molecule has 0 fully saturated rings. The number of anilines is 1. The Morgan fingerprint density at radius 1 is 1.26 bits per heavy atom. The van der Waals surface area contributed by atoms with Crippen LogP contribution in [0.15, 0.2) is 46.9 Å². The van der Waals surface area contributed by atoms with Gasteiger partial charge >= 0.3 is 0 Å². The largest absolute Gasteiger partial charge is 0.489 e. The normalized spacial score (nSPS) is 10.2. The van der Waals surface area contributed by atoms with Crippen LogP contribution >= 0.6 is 15.9 Å². The van der Waals surface area contributed by atoms with Crippen LogP contribution in [0.1, 0.15) is 5.56 Å². The van der Waals surface area contributed by atoms with Crippen molar-refractivity contribution in [3.63, 3.8) is 0 Å². The van der Waals surface area contributed by atoms with Crippen LogP contribution in [0.2, 0.25) is 0 Å². The van der Waals surface area contributed by atoms with Gasteiger partial charge < -0.3 is 10.5 Å². The molecule has 6 heteroatoms. The highest BCUT2D eigenvalue weighted by molar-refractivity contribution is 9.10. The number of hydrogen-bond donors (Lipinski definition) is 1. The number of halogens is 1. The van der Waals surface area contributed by atoms with Gasteiger partial charge in [-0.3, -0.25) is 10.1 Å². The van der Waals surface area contributed by atoms with E-state index in [1.54, 1.807) is 18.2 Å². The lowest BCUT2D eigenvalue weighted by molar-refractivity contribution is -0.385.